The van der Waals surface area contributed by atoms with Crippen LogP contribution < -0.4 is 9.64 Å². The minimum absolute atomic E-state index is 0.374. The van der Waals surface area contributed by atoms with E-state index in [0.29, 0.717) is 44.6 Å². The van der Waals surface area contributed by atoms with E-state index in [0.717, 1.165) is 31.5 Å². The van der Waals surface area contributed by atoms with Crippen molar-refractivity contribution < 1.29 is 23.0 Å². The molecule has 0 bridgehead atoms. The fourth-order valence-corrected chi connectivity index (χ4v) is 4.78. The average molecular weight is 474 g/mol. The third kappa shape index (κ3) is 6.02. The Morgan fingerprint density at radius 2 is 1.76 bits per heavy atom. The maximum Gasteiger partial charge on any atom is 0.417 e. The molecule has 0 spiro atoms. The first kappa shape index (κ1) is 24.4. The SMILES string of the molecule is N#Cc1ccc(N2CCC(O)(CCOc3cccc(CN4CCCC4)c3)CC2)cc1C(F)(F)F. The van der Waals surface area contributed by atoms with E-state index in [2.05, 4.69) is 11.0 Å². The van der Waals surface area contributed by atoms with E-state index in [-0.39, 0.29) is 5.56 Å². The number of piperidine rings is 1. The molecule has 0 aliphatic carbocycles. The van der Waals surface area contributed by atoms with Crippen LogP contribution in [0.5, 0.6) is 5.75 Å². The zero-order chi connectivity index (χ0) is 24.2. The van der Waals surface area contributed by atoms with Gasteiger partial charge in [0.25, 0.3) is 0 Å². The van der Waals surface area contributed by atoms with Crippen molar-refractivity contribution in [1.82, 2.24) is 4.90 Å². The monoisotopic (exact) mass is 473 g/mol. The number of likely N-dealkylation sites (tertiary alicyclic amines) is 1. The highest BCUT2D eigenvalue weighted by atomic mass is 19.4. The number of ether oxygens (including phenoxy) is 1. The van der Waals surface area contributed by atoms with Crippen LogP contribution in [0.1, 0.15) is 48.8 Å². The third-order valence-electron chi connectivity index (χ3n) is 6.83. The fourth-order valence-electron chi connectivity index (χ4n) is 4.78. The number of hydrogen-bond donors (Lipinski definition) is 1. The maximum atomic E-state index is 13.3. The molecule has 0 radical (unpaired) electrons. The van der Waals surface area contributed by atoms with E-state index >= 15 is 0 Å². The summed E-state index contributed by atoms with van der Waals surface area (Å²) < 4.78 is 45.8. The van der Waals surface area contributed by atoms with Crippen molar-refractivity contribution in [1.29, 1.82) is 5.26 Å². The second-order valence-electron chi connectivity index (χ2n) is 9.28. The first-order chi connectivity index (χ1) is 16.3. The highest BCUT2D eigenvalue weighted by molar-refractivity contribution is 5.55. The van der Waals surface area contributed by atoms with Crippen molar-refractivity contribution in [3.05, 3.63) is 59.2 Å². The summed E-state index contributed by atoms with van der Waals surface area (Å²) in [6.45, 7) is 4.43. The molecule has 2 aromatic rings. The Morgan fingerprint density at radius 1 is 1.03 bits per heavy atom. The number of benzene rings is 2. The lowest BCUT2D eigenvalue weighted by molar-refractivity contribution is -0.137. The molecular formula is C26H30F3N3O2. The summed E-state index contributed by atoms with van der Waals surface area (Å²) in [4.78, 5) is 4.26. The minimum atomic E-state index is -4.58. The summed E-state index contributed by atoms with van der Waals surface area (Å²) in [6.07, 6.45) is -0.750. The Morgan fingerprint density at radius 3 is 2.44 bits per heavy atom. The number of alkyl halides is 3. The predicted octanol–water partition coefficient (Wildman–Crippen LogP) is 4.97. The van der Waals surface area contributed by atoms with Gasteiger partial charge in [0.05, 0.1) is 29.4 Å². The van der Waals surface area contributed by atoms with Crippen LogP contribution in [0.25, 0.3) is 0 Å². The van der Waals surface area contributed by atoms with E-state index in [1.165, 1.54) is 30.5 Å². The van der Waals surface area contributed by atoms with Gasteiger partial charge in [-0.3, -0.25) is 4.90 Å². The van der Waals surface area contributed by atoms with Crippen molar-refractivity contribution in [2.24, 2.45) is 0 Å². The highest BCUT2D eigenvalue weighted by Gasteiger charge is 2.36. The van der Waals surface area contributed by atoms with Crippen molar-refractivity contribution in [3.8, 4) is 11.8 Å². The van der Waals surface area contributed by atoms with Crippen molar-refractivity contribution in [2.75, 3.05) is 37.7 Å². The van der Waals surface area contributed by atoms with Crippen LogP contribution in [0.2, 0.25) is 0 Å². The van der Waals surface area contributed by atoms with Gasteiger partial charge in [0, 0.05) is 31.7 Å². The molecular weight excluding hydrogens is 443 g/mol. The van der Waals surface area contributed by atoms with Crippen LogP contribution >= 0.6 is 0 Å². The van der Waals surface area contributed by atoms with Crippen molar-refractivity contribution >= 4 is 5.69 Å². The molecule has 4 rings (SSSR count). The quantitative estimate of drug-likeness (QED) is 0.615. The van der Waals surface area contributed by atoms with Gasteiger partial charge in [-0.25, -0.2) is 0 Å². The van der Waals surface area contributed by atoms with Crippen LogP contribution in [0.3, 0.4) is 0 Å². The Kier molecular flexibility index (Phi) is 7.34. The number of nitriles is 1. The zero-order valence-corrected chi connectivity index (χ0v) is 19.2. The molecule has 182 valence electrons. The van der Waals surface area contributed by atoms with Crippen LogP contribution in [-0.4, -0.2) is 48.4 Å². The van der Waals surface area contributed by atoms with E-state index in [4.69, 9.17) is 10.00 Å². The van der Waals surface area contributed by atoms with E-state index in [1.807, 2.05) is 23.1 Å². The second-order valence-corrected chi connectivity index (χ2v) is 9.28. The number of hydrogen-bond acceptors (Lipinski definition) is 5. The Bertz CT molecular complexity index is 1020. The smallest absolute Gasteiger partial charge is 0.417 e. The molecule has 34 heavy (non-hydrogen) atoms. The number of rotatable bonds is 7. The molecule has 1 N–H and O–H groups in total. The molecule has 0 amide bonds. The van der Waals surface area contributed by atoms with Crippen LogP contribution in [0.15, 0.2) is 42.5 Å². The second kappa shape index (κ2) is 10.2. The average Bonchev–Trinajstić information content (AvgIpc) is 3.32. The summed E-state index contributed by atoms with van der Waals surface area (Å²) >= 11 is 0. The fraction of sp³-hybridized carbons (Fsp3) is 0.500. The number of halogens is 3. The minimum Gasteiger partial charge on any atom is -0.493 e. The zero-order valence-electron chi connectivity index (χ0n) is 19.2. The normalized spacial score (nSPS) is 18.6. The predicted molar refractivity (Wildman–Crippen MR) is 124 cm³/mol. The molecule has 2 heterocycles. The molecule has 2 saturated heterocycles. The molecule has 5 nitrogen and oxygen atoms in total. The van der Waals surface area contributed by atoms with Gasteiger partial charge >= 0.3 is 6.18 Å². The number of nitrogens with zero attached hydrogens (tertiary/aromatic N) is 3. The number of anilines is 1. The highest BCUT2D eigenvalue weighted by Crippen LogP contribution is 2.36. The molecule has 0 unspecified atom stereocenters. The molecule has 0 atom stereocenters. The Labute approximate surface area is 198 Å². The summed E-state index contributed by atoms with van der Waals surface area (Å²) in [6, 6.07) is 13.4. The summed E-state index contributed by atoms with van der Waals surface area (Å²) in [5.41, 5.74) is -0.588. The van der Waals surface area contributed by atoms with E-state index in [1.54, 1.807) is 6.07 Å². The van der Waals surface area contributed by atoms with Crippen molar-refractivity contribution in [3.63, 3.8) is 0 Å². The Balaban J connectivity index is 1.29. The first-order valence-corrected chi connectivity index (χ1v) is 11.8. The van der Waals surface area contributed by atoms with E-state index in [9.17, 15) is 18.3 Å². The van der Waals surface area contributed by atoms with Gasteiger partial charge in [-0.05, 0) is 74.7 Å². The van der Waals surface area contributed by atoms with Crippen LogP contribution in [-0.2, 0) is 12.7 Å². The van der Waals surface area contributed by atoms with E-state index < -0.39 is 17.3 Å². The topological polar surface area (TPSA) is 59.7 Å². The molecule has 2 aliphatic heterocycles. The lowest BCUT2D eigenvalue weighted by Gasteiger charge is -2.39. The lowest BCUT2D eigenvalue weighted by atomic mass is 9.88. The largest absolute Gasteiger partial charge is 0.493 e. The van der Waals surface area contributed by atoms with Gasteiger partial charge in [-0.15, -0.1) is 0 Å². The summed E-state index contributed by atoms with van der Waals surface area (Å²) in [5, 5.41) is 20.0. The van der Waals surface area contributed by atoms with Crippen molar-refractivity contribution in [2.45, 2.75) is 50.4 Å². The van der Waals surface area contributed by atoms with Gasteiger partial charge in [-0.2, -0.15) is 18.4 Å². The summed E-state index contributed by atoms with van der Waals surface area (Å²) in [5.74, 6) is 0.787. The maximum absolute atomic E-state index is 13.3. The standard InChI is InChI=1S/C26H30F3N3O2/c27-26(28,29)24-17-22(7-6-21(24)18-30)32-13-8-25(33,9-14-32)10-15-34-23-5-3-4-20(16-23)19-31-11-1-2-12-31/h3-7,16-17,33H,1-2,8-15,19H2. The Hall–Kier alpha value is -2.76. The molecule has 2 fully saturated rings. The molecule has 0 aromatic heterocycles. The molecule has 8 heteroatoms. The first-order valence-electron chi connectivity index (χ1n) is 11.8. The van der Waals surface area contributed by atoms with Crippen LogP contribution in [0, 0.1) is 11.3 Å². The summed E-state index contributed by atoms with van der Waals surface area (Å²) in [7, 11) is 0. The number of aliphatic hydroxyl groups is 1. The van der Waals surface area contributed by atoms with Gasteiger partial charge in [0.15, 0.2) is 0 Å². The molecule has 2 aliphatic rings. The lowest BCUT2D eigenvalue weighted by Crippen LogP contribution is -2.45. The van der Waals surface area contributed by atoms with Gasteiger partial charge in [0.2, 0.25) is 0 Å². The third-order valence-corrected chi connectivity index (χ3v) is 6.83. The van der Waals surface area contributed by atoms with Gasteiger partial charge in [-0.1, -0.05) is 12.1 Å². The molecule has 2 aromatic carbocycles. The van der Waals surface area contributed by atoms with Crippen LogP contribution in [0.4, 0.5) is 18.9 Å². The van der Waals surface area contributed by atoms with Gasteiger partial charge in [0.1, 0.15) is 5.75 Å². The molecule has 0 saturated carbocycles. The van der Waals surface area contributed by atoms with Gasteiger partial charge < -0.3 is 14.7 Å².